The molecule has 0 aliphatic carbocycles. The molecular weight excluding hydrogens is 212 g/mol. The highest BCUT2D eigenvalue weighted by molar-refractivity contribution is 7.91. The third-order valence-corrected chi connectivity index (χ3v) is 4.79. The summed E-state index contributed by atoms with van der Waals surface area (Å²) in [6.07, 6.45) is 2.79. The van der Waals surface area contributed by atoms with Crippen molar-refractivity contribution in [1.29, 1.82) is 0 Å². The van der Waals surface area contributed by atoms with Crippen molar-refractivity contribution in [3.05, 3.63) is 0 Å². The standard InChI is InChI=1S/C10H22N2O2S/c1-2-10(4-5-11)12-6-3-8-15(13,14)9-7-12/h10H,2-9,11H2,1H3. The van der Waals surface area contributed by atoms with E-state index in [1.165, 1.54) is 0 Å². The van der Waals surface area contributed by atoms with Crippen LogP contribution in [-0.2, 0) is 9.84 Å². The van der Waals surface area contributed by atoms with Crippen LogP contribution in [0.3, 0.4) is 0 Å². The molecule has 1 atom stereocenters. The molecular formula is C10H22N2O2S. The van der Waals surface area contributed by atoms with Crippen molar-refractivity contribution >= 4 is 9.84 Å². The van der Waals surface area contributed by atoms with E-state index in [2.05, 4.69) is 11.8 Å². The van der Waals surface area contributed by atoms with Crippen molar-refractivity contribution in [2.75, 3.05) is 31.1 Å². The molecule has 0 bridgehead atoms. The highest BCUT2D eigenvalue weighted by Gasteiger charge is 2.23. The molecule has 0 aromatic rings. The Hall–Kier alpha value is -0.130. The van der Waals surface area contributed by atoms with Crippen LogP contribution in [0.2, 0.25) is 0 Å². The van der Waals surface area contributed by atoms with Crippen LogP contribution in [0.1, 0.15) is 26.2 Å². The quantitative estimate of drug-likeness (QED) is 0.756. The van der Waals surface area contributed by atoms with Gasteiger partial charge in [0.15, 0.2) is 9.84 Å². The van der Waals surface area contributed by atoms with Gasteiger partial charge in [0.25, 0.3) is 0 Å². The van der Waals surface area contributed by atoms with Crippen LogP contribution in [0, 0.1) is 0 Å². The second-order valence-corrected chi connectivity index (χ2v) is 6.48. The van der Waals surface area contributed by atoms with Gasteiger partial charge in [0.1, 0.15) is 0 Å². The van der Waals surface area contributed by atoms with Crippen LogP contribution in [0.25, 0.3) is 0 Å². The topological polar surface area (TPSA) is 63.4 Å². The fraction of sp³-hybridized carbons (Fsp3) is 1.00. The lowest BCUT2D eigenvalue weighted by atomic mass is 10.1. The van der Waals surface area contributed by atoms with E-state index in [1.54, 1.807) is 0 Å². The molecule has 1 aliphatic rings. The highest BCUT2D eigenvalue weighted by Crippen LogP contribution is 2.13. The predicted molar refractivity (Wildman–Crippen MR) is 62.6 cm³/mol. The monoisotopic (exact) mass is 234 g/mol. The average molecular weight is 234 g/mol. The van der Waals surface area contributed by atoms with Crippen LogP contribution in [0.15, 0.2) is 0 Å². The molecule has 90 valence electrons. The average Bonchev–Trinajstić information content (AvgIpc) is 2.36. The Bertz CT molecular complexity index is 277. The number of nitrogens with zero attached hydrogens (tertiary/aromatic N) is 1. The summed E-state index contributed by atoms with van der Waals surface area (Å²) in [5.74, 6) is 0.663. The lowest BCUT2D eigenvalue weighted by Gasteiger charge is -2.29. The Labute approximate surface area is 92.7 Å². The van der Waals surface area contributed by atoms with Gasteiger partial charge < -0.3 is 5.73 Å². The molecule has 0 aromatic heterocycles. The first-order valence-electron chi connectivity index (χ1n) is 5.73. The molecule has 1 heterocycles. The summed E-state index contributed by atoms with van der Waals surface area (Å²) in [5, 5.41) is 0. The van der Waals surface area contributed by atoms with E-state index >= 15 is 0 Å². The normalized spacial score (nSPS) is 24.7. The van der Waals surface area contributed by atoms with Gasteiger partial charge in [-0.1, -0.05) is 6.92 Å². The van der Waals surface area contributed by atoms with Gasteiger partial charge in [-0.25, -0.2) is 8.42 Å². The minimum Gasteiger partial charge on any atom is -0.330 e. The Morgan fingerprint density at radius 3 is 2.67 bits per heavy atom. The number of rotatable bonds is 4. The van der Waals surface area contributed by atoms with Gasteiger partial charge >= 0.3 is 0 Å². The summed E-state index contributed by atoms with van der Waals surface area (Å²) >= 11 is 0. The Morgan fingerprint density at radius 2 is 2.07 bits per heavy atom. The molecule has 1 rings (SSSR count). The fourth-order valence-corrected chi connectivity index (χ4v) is 3.45. The van der Waals surface area contributed by atoms with Gasteiger partial charge in [-0.2, -0.15) is 0 Å². The van der Waals surface area contributed by atoms with Gasteiger partial charge in [0.2, 0.25) is 0 Å². The largest absolute Gasteiger partial charge is 0.330 e. The van der Waals surface area contributed by atoms with Gasteiger partial charge in [-0.05, 0) is 32.4 Å². The van der Waals surface area contributed by atoms with E-state index in [4.69, 9.17) is 5.73 Å². The number of sulfone groups is 1. The van der Waals surface area contributed by atoms with Gasteiger partial charge in [-0.3, -0.25) is 4.90 Å². The second-order valence-electron chi connectivity index (χ2n) is 4.18. The summed E-state index contributed by atoms with van der Waals surface area (Å²) in [4.78, 5) is 2.29. The Kier molecular flexibility index (Phi) is 5.02. The Morgan fingerprint density at radius 1 is 1.33 bits per heavy atom. The van der Waals surface area contributed by atoms with Crippen LogP contribution in [-0.4, -0.2) is 50.5 Å². The Balaban J connectivity index is 2.55. The van der Waals surface area contributed by atoms with E-state index < -0.39 is 9.84 Å². The number of hydrogen-bond acceptors (Lipinski definition) is 4. The zero-order valence-electron chi connectivity index (χ0n) is 9.48. The maximum absolute atomic E-state index is 11.4. The third-order valence-electron chi connectivity index (χ3n) is 3.08. The van der Waals surface area contributed by atoms with Crippen molar-refractivity contribution in [1.82, 2.24) is 4.90 Å². The first kappa shape index (κ1) is 12.9. The molecule has 0 spiro atoms. The van der Waals surface area contributed by atoms with Crippen molar-refractivity contribution in [2.24, 2.45) is 5.73 Å². The number of nitrogens with two attached hydrogens (primary N) is 1. The molecule has 0 amide bonds. The molecule has 1 aliphatic heterocycles. The molecule has 0 saturated carbocycles. The fourth-order valence-electron chi connectivity index (χ4n) is 2.16. The molecule has 1 unspecified atom stereocenters. The third kappa shape index (κ3) is 4.09. The summed E-state index contributed by atoms with van der Waals surface area (Å²) in [5.41, 5.74) is 5.56. The lowest BCUT2D eigenvalue weighted by molar-refractivity contribution is 0.197. The van der Waals surface area contributed by atoms with Crippen LogP contribution in [0.4, 0.5) is 0 Å². The maximum atomic E-state index is 11.4. The SMILES string of the molecule is CCC(CCN)N1CCCS(=O)(=O)CC1. The highest BCUT2D eigenvalue weighted by atomic mass is 32.2. The van der Waals surface area contributed by atoms with Crippen LogP contribution < -0.4 is 5.73 Å². The molecule has 15 heavy (non-hydrogen) atoms. The van der Waals surface area contributed by atoms with E-state index in [1.807, 2.05) is 0 Å². The molecule has 0 aromatic carbocycles. The number of hydrogen-bond donors (Lipinski definition) is 1. The smallest absolute Gasteiger partial charge is 0.151 e. The van der Waals surface area contributed by atoms with E-state index in [-0.39, 0.29) is 0 Å². The van der Waals surface area contributed by atoms with E-state index in [0.29, 0.717) is 30.6 Å². The first-order valence-corrected chi connectivity index (χ1v) is 7.55. The van der Waals surface area contributed by atoms with Crippen molar-refractivity contribution < 1.29 is 8.42 Å². The molecule has 0 radical (unpaired) electrons. The summed E-state index contributed by atoms with van der Waals surface area (Å²) < 4.78 is 22.9. The zero-order valence-corrected chi connectivity index (χ0v) is 10.3. The van der Waals surface area contributed by atoms with Crippen LogP contribution >= 0.6 is 0 Å². The molecule has 2 N–H and O–H groups in total. The second kappa shape index (κ2) is 5.82. The predicted octanol–water partition coefficient (Wildman–Crippen LogP) is 0.234. The molecule has 1 fully saturated rings. The maximum Gasteiger partial charge on any atom is 0.151 e. The summed E-state index contributed by atoms with van der Waals surface area (Å²) in [7, 11) is -2.78. The van der Waals surface area contributed by atoms with Crippen molar-refractivity contribution in [2.45, 2.75) is 32.2 Å². The molecule has 5 heteroatoms. The van der Waals surface area contributed by atoms with Gasteiger partial charge in [0.05, 0.1) is 11.5 Å². The summed E-state index contributed by atoms with van der Waals surface area (Å²) in [6.45, 7) is 4.40. The molecule has 4 nitrogen and oxygen atoms in total. The minimum absolute atomic E-state index is 0.314. The first-order chi connectivity index (χ1) is 7.09. The zero-order chi connectivity index (χ0) is 11.3. The molecule has 1 saturated heterocycles. The van der Waals surface area contributed by atoms with Crippen LogP contribution in [0.5, 0.6) is 0 Å². The summed E-state index contributed by atoms with van der Waals surface area (Å²) in [6, 6.07) is 0.461. The lowest BCUT2D eigenvalue weighted by Crippen LogP contribution is -2.38. The van der Waals surface area contributed by atoms with Crippen molar-refractivity contribution in [3.63, 3.8) is 0 Å². The van der Waals surface area contributed by atoms with Gasteiger partial charge in [-0.15, -0.1) is 0 Å². The van der Waals surface area contributed by atoms with E-state index in [0.717, 1.165) is 25.8 Å². The van der Waals surface area contributed by atoms with E-state index in [9.17, 15) is 8.42 Å². The van der Waals surface area contributed by atoms with Gasteiger partial charge in [0, 0.05) is 12.6 Å². The minimum atomic E-state index is -2.78. The van der Waals surface area contributed by atoms with Crippen molar-refractivity contribution in [3.8, 4) is 0 Å².